The zero-order valence-electron chi connectivity index (χ0n) is 11.1. The van der Waals surface area contributed by atoms with E-state index < -0.39 is 0 Å². The minimum absolute atomic E-state index is 0.268. The molecule has 2 aromatic rings. The van der Waals surface area contributed by atoms with Gasteiger partial charge >= 0.3 is 0 Å². The number of benzene rings is 2. The van der Waals surface area contributed by atoms with Crippen LogP contribution in [0.2, 0.25) is 10.0 Å². The van der Waals surface area contributed by atoms with Gasteiger partial charge in [0, 0.05) is 11.8 Å². The third kappa shape index (κ3) is 4.28. The topological polar surface area (TPSA) is 64.3 Å². The van der Waals surface area contributed by atoms with Gasteiger partial charge in [-0.25, -0.2) is 0 Å². The zero-order chi connectivity index (χ0) is 15.2. The first kappa shape index (κ1) is 15.5. The highest BCUT2D eigenvalue weighted by atomic mass is 35.5. The fourth-order valence-corrected chi connectivity index (χ4v) is 2.31. The summed E-state index contributed by atoms with van der Waals surface area (Å²) in [6.07, 6.45) is 0. The van der Waals surface area contributed by atoms with Gasteiger partial charge in [0.1, 0.15) is 12.4 Å². The smallest absolute Gasteiger partial charge is 0.254 e. The van der Waals surface area contributed by atoms with Gasteiger partial charge in [-0.3, -0.25) is 4.79 Å². The van der Waals surface area contributed by atoms with Gasteiger partial charge < -0.3 is 15.8 Å². The second kappa shape index (κ2) is 7.20. The van der Waals surface area contributed by atoms with Crippen molar-refractivity contribution in [2.24, 2.45) is 0 Å². The number of carbonyl (C=O) groups excluding carboxylic acids is 1. The van der Waals surface area contributed by atoms with E-state index in [-0.39, 0.29) is 11.5 Å². The molecular weight excluding hydrogens is 311 g/mol. The third-order valence-corrected chi connectivity index (χ3v) is 3.33. The van der Waals surface area contributed by atoms with Crippen LogP contribution < -0.4 is 15.8 Å². The highest BCUT2D eigenvalue weighted by molar-refractivity contribution is 6.39. The number of nitrogens with one attached hydrogen (secondary N) is 1. The molecule has 0 aliphatic heterocycles. The molecule has 2 rings (SSSR count). The van der Waals surface area contributed by atoms with Crippen molar-refractivity contribution >= 4 is 34.8 Å². The van der Waals surface area contributed by atoms with Gasteiger partial charge in [0.2, 0.25) is 0 Å². The molecule has 0 atom stereocenters. The number of amides is 1. The van der Waals surface area contributed by atoms with E-state index in [9.17, 15) is 4.79 Å². The summed E-state index contributed by atoms with van der Waals surface area (Å²) in [7, 11) is 0. The first-order valence-corrected chi connectivity index (χ1v) is 7.04. The number of halogens is 2. The molecule has 0 spiro atoms. The first-order valence-electron chi connectivity index (χ1n) is 6.28. The number of ether oxygens (including phenoxy) is 1. The second-order valence-corrected chi connectivity index (χ2v) is 5.09. The number of rotatable bonds is 5. The molecule has 0 aromatic heterocycles. The molecule has 0 heterocycles. The number of nitrogens with two attached hydrogens (primary N) is 1. The summed E-state index contributed by atoms with van der Waals surface area (Å²) in [6, 6.07) is 12.0. The Bertz CT molecular complexity index is 627. The van der Waals surface area contributed by atoms with Crippen molar-refractivity contribution in [2.75, 3.05) is 18.9 Å². The standard InChI is InChI=1S/C15H14Cl2N2O2/c16-12-5-2-6-13(17)14(12)15(20)19-7-8-21-11-4-1-3-10(18)9-11/h1-6,9H,7-8,18H2,(H,19,20). The third-order valence-electron chi connectivity index (χ3n) is 2.70. The molecule has 21 heavy (non-hydrogen) atoms. The molecule has 4 nitrogen and oxygen atoms in total. The lowest BCUT2D eigenvalue weighted by Gasteiger charge is -2.10. The Kier molecular flexibility index (Phi) is 5.31. The normalized spacial score (nSPS) is 10.2. The molecule has 0 fully saturated rings. The van der Waals surface area contributed by atoms with Gasteiger partial charge in [0.25, 0.3) is 5.91 Å². The fraction of sp³-hybridized carbons (Fsp3) is 0.133. The predicted molar refractivity (Wildman–Crippen MR) is 85.1 cm³/mol. The SMILES string of the molecule is Nc1cccc(OCCNC(=O)c2c(Cl)cccc2Cl)c1. The van der Waals surface area contributed by atoms with Gasteiger partial charge in [-0.1, -0.05) is 35.3 Å². The molecule has 2 aromatic carbocycles. The zero-order valence-corrected chi connectivity index (χ0v) is 12.6. The van der Waals surface area contributed by atoms with Crippen LogP contribution in [0.25, 0.3) is 0 Å². The number of carbonyl (C=O) groups is 1. The van der Waals surface area contributed by atoms with Crippen molar-refractivity contribution in [3.8, 4) is 5.75 Å². The maximum atomic E-state index is 12.0. The number of nitrogen functional groups attached to an aromatic ring is 1. The summed E-state index contributed by atoms with van der Waals surface area (Å²) < 4.78 is 5.47. The molecule has 3 N–H and O–H groups in total. The molecule has 110 valence electrons. The molecule has 0 unspecified atom stereocenters. The van der Waals surface area contributed by atoms with Crippen LogP contribution in [0, 0.1) is 0 Å². The van der Waals surface area contributed by atoms with Gasteiger partial charge in [-0.15, -0.1) is 0 Å². The Morgan fingerprint density at radius 1 is 1.14 bits per heavy atom. The average molecular weight is 325 g/mol. The van der Waals surface area contributed by atoms with Crippen LogP contribution in [0.5, 0.6) is 5.75 Å². The van der Waals surface area contributed by atoms with E-state index in [0.717, 1.165) is 0 Å². The maximum absolute atomic E-state index is 12.0. The van der Waals surface area contributed by atoms with Crippen LogP contribution >= 0.6 is 23.2 Å². The Morgan fingerprint density at radius 2 is 1.81 bits per heavy atom. The van der Waals surface area contributed by atoms with Crippen molar-refractivity contribution in [3.63, 3.8) is 0 Å². The van der Waals surface area contributed by atoms with Gasteiger partial charge in [-0.05, 0) is 24.3 Å². The highest BCUT2D eigenvalue weighted by Gasteiger charge is 2.13. The molecular formula is C15H14Cl2N2O2. The van der Waals surface area contributed by atoms with Crippen LogP contribution in [0.1, 0.15) is 10.4 Å². The molecule has 0 saturated carbocycles. The monoisotopic (exact) mass is 324 g/mol. The fourth-order valence-electron chi connectivity index (χ4n) is 1.74. The van der Waals surface area contributed by atoms with Crippen molar-refractivity contribution < 1.29 is 9.53 Å². The van der Waals surface area contributed by atoms with E-state index in [2.05, 4.69) is 5.32 Å². The van der Waals surface area contributed by atoms with Gasteiger partial charge in [-0.2, -0.15) is 0 Å². The second-order valence-electron chi connectivity index (χ2n) is 4.27. The Labute approximate surface area is 132 Å². The van der Waals surface area contributed by atoms with Gasteiger partial charge in [0.15, 0.2) is 0 Å². The Hall–Kier alpha value is -1.91. The Morgan fingerprint density at radius 3 is 2.48 bits per heavy atom. The predicted octanol–water partition coefficient (Wildman–Crippen LogP) is 3.38. The number of hydrogen-bond acceptors (Lipinski definition) is 3. The van der Waals surface area contributed by atoms with E-state index in [1.807, 2.05) is 0 Å². The molecule has 0 bridgehead atoms. The van der Waals surface area contributed by atoms with E-state index >= 15 is 0 Å². The highest BCUT2D eigenvalue weighted by Crippen LogP contribution is 2.23. The summed E-state index contributed by atoms with van der Waals surface area (Å²) in [5.74, 6) is 0.321. The summed E-state index contributed by atoms with van der Waals surface area (Å²) in [4.78, 5) is 12.0. The average Bonchev–Trinajstić information content (AvgIpc) is 2.43. The van der Waals surface area contributed by atoms with E-state index in [0.29, 0.717) is 34.6 Å². The van der Waals surface area contributed by atoms with E-state index in [4.69, 9.17) is 33.7 Å². The molecule has 0 aliphatic rings. The van der Waals surface area contributed by atoms with Crippen molar-refractivity contribution in [3.05, 3.63) is 58.1 Å². The van der Waals surface area contributed by atoms with Crippen molar-refractivity contribution in [1.82, 2.24) is 5.32 Å². The summed E-state index contributed by atoms with van der Waals surface area (Å²) in [6.45, 7) is 0.645. The first-order chi connectivity index (χ1) is 10.1. The van der Waals surface area contributed by atoms with Crippen LogP contribution in [0.15, 0.2) is 42.5 Å². The van der Waals surface area contributed by atoms with E-state index in [1.54, 1.807) is 42.5 Å². The summed E-state index contributed by atoms with van der Waals surface area (Å²) in [5.41, 5.74) is 6.53. The number of anilines is 1. The lowest BCUT2D eigenvalue weighted by atomic mass is 10.2. The maximum Gasteiger partial charge on any atom is 0.254 e. The molecule has 0 saturated heterocycles. The van der Waals surface area contributed by atoms with Crippen LogP contribution in [-0.4, -0.2) is 19.1 Å². The van der Waals surface area contributed by atoms with Crippen LogP contribution in [-0.2, 0) is 0 Å². The molecule has 1 amide bonds. The molecule has 0 radical (unpaired) electrons. The van der Waals surface area contributed by atoms with Crippen molar-refractivity contribution in [2.45, 2.75) is 0 Å². The minimum atomic E-state index is -0.332. The summed E-state index contributed by atoms with van der Waals surface area (Å²) in [5, 5.41) is 3.33. The largest absolute Gasteiger partial charge is 0.492 e. The minimum Gasteiger partial charge on any atom is -0.492 e. The lowest BCUT2D eigenvalue weighted by molar-refractivity contribution is 0.0947. The van der Waals surface area contributed by atoms with Crippen LogP contribution in [0.3, 0.4) is 0 Å². The number of hydrogen-bond donors (Lipinski definition) is 2. The van der Waals surface area contributed by atoms with E-state index in [1.165, 1.54) is 0 Å². The van der Waals surface area contributed by atoms with Crippen molar-refractivity contribution in [1.29, 1.82) is 0 Å². The lowest BCUT2D eigenvalue weighted by Crippen LogP contribution is -2.28. The van der Waals surface area contributed by atoms with Gasteiger partial charge in [0.05, 0.1) is 22.2 Å². The Balaban J connectivity index is 1.85. The molecule has 6 heteroatoms. The quantitative estimate of drug-likeness (QED) is 0.654. The summed E-state index contributed by atoms with van der Waals surface area (Å²) >= 11 is 11.9. The molecule has 0 aliphatic carbocycles. The van der Waals surface area contributed by atoms with Crippen LogP contribution in [0.4, 0.5) is 5.69 Å².